The fraction of sp³-hybridized carbons (Fsp3) is 0.118. The molecule has 0 aliphatic carbocycles. The summed E-state index contributed by atoms with van der Waals surface area (Å²) in [7, 11) is 0. The number of hydrogen-bond donors (Lipinski definition) is 2. The highest BCUT2D eigenvalue weighted by Crippen LogP contribution is 2.22. The van der Waals surface area contributed by atoms with Crippen LogP contribution < -0.4 is 15.9 Å². The molecule has 2 aromatic carbocycles. The minimum Gasteiger partial charge on any atom is -0.488 e. The number of hydrogen-bond acceptors (Lipinski definition) is 7. The summed E-state index contributed by atoms with van der Waals surface area (Å²) in [6, 6.07) is 15.4. The number of nitrogens with one attached hydrogen (secondary N) is 1. The average molecular weight is 430 g/mol. The van der Waals surface area contributed by atoms with Gasteiger partial charge >= 0.3 is 0 Å². The van der Waals surface area contributed by atoms with Crippen molar-refractivity contribution in [3.63, 3.8) is 0 Å². The molecule has 138 valence electrons. The molecule has 1 heterocycles. The van der Waals surface area contributed by atoms with Crippen LogP contribution in [0.2, 0.25) is 0 Å². The van der Waals surface area contributed by atoms with Gasteiger partial charge in [0.25, 0.3) is 5.91 Å². The van der Waals surface area contributed by atoms with Crippen molar-refractivity contribution < 1.29 is 9.53 Å². The van der Waals surface area contributed by atoms with Crippen LogP contribution in [0.15, 0.2) is 58.1 Å². The van der Waals surface area contributed by atoms with E-state index in [9.17, 15) is 4.79 Å². The van der Waals surface area contributed by atoms with Gasteiger partial charge in [0.1, 0.15) is 18.9 Å². The molecule has 1 aromatic heterocycles. The third-order valence-corrected chi connectivity index (χ3v) is 3.95. The van der Waals surface area contributed by atoms with Gasteiger partial charge < -0.3 is 10.5 Å². The third kappa shape index (κ3) is 5.35. The van der Waals surface area contributed by atoms with Crippen LogP contribution in [0.4, 0.5) is 5.95 Å². The summed E-state index contributed by atoms with van der Waals surface area (Å²) in [6.45, 7) is 0.292. The topological polar surface area (TPSA) is 120 Å². The van der Waals surface area contributed by atoms with Crippen molar-refractivity contribution in [1.82, 2.24) is 25.6 Å². The predicted octanol–water partition coefficient (Wildman–Crippen LogP) is 1.75. The van der Waals surface area contributed by atoms with Crippen LogP contribution in [0.5, 0.6) is 5.75 Å². The fourth-order valence-electron chi connectivity index (χ4n) is 2.16. The average Bonchev–Trinajstić information content (AvgIpc) is 3.06. The number of carbonyl (C=O) groups is 1. The Labute approximate surface area is 163 Å². The van der Waals surface area contributed by atoms with Crippen molar-refractivity contribution in [2.24, 2.45) is 5.10 Å². The number of hydrazone groups is 1. The Morgan fingerprint density at radius 2 is 2.11 bits per heavy atom. The summed E-state index contributed by atoms with van der Waals surface area (Å²) in [6.07, 6.45) is 1.51. The zero-order valence-corrected chi connectivity index (χ0v) is 15.7. The van der Waals surface area contributed by atoms with E-state index in [0.29, 0.717) is 17.9 Å². The number of rotatable bonds is 7. The van der Waals surface area contributed by atoms with Gasteiger partial charge in [-0.2, -0.15) is 5.10 Å². The molecule has 10 heteroatoms. The first-order chi connectivity index (χ1) is 13.1. The fourth-order valence-corrected chi connectivity index (χ4v) is 2.54. The zero-order valence-electron chi connectivity index (χ0n) is 14.1. The SMILES string of the molecule is Nc1nnnn1CC(=O)N/N=C\c1cc(Br)ccc1OCc1ccccc1. The van der Waals surface area contributed by atoms with Crippen molar-refractivity contribution in [2.45, 2.75) is 13.2 Å². The summed E-state index contributed by atoms with van der Waals surface area (Å²) < 4.78 is 7.89. The molecule has 3 rings (SSSR count). The van der Waals surface area contributed by atoms with E-state index < -0.39 is 5.91 Å². The van der Waals surface area contributed by atoms with Crippen molar-refractivity contribution >= 4 is 34.0 Å². The molecule has 27 heavy (non-hydrogen) atoms. The van der Waals surface area contributed by atoms with Crippen LogP contribution in [0.25, 0.3) is 0 Å². The van der Waals surface area contributed by atoms with Gasteiger partial charge in [0.2, 0.25) is 5.95 Å². The van der Waals surface area contributed by atoms with Gasteiger partial charge in [0.05, 0.1) is 6.21 Å². The highest BCUT2D eigenvalue weighted by atomic mass is 79.9. The number of anilines is 1. The molecule has 0 aliphatic heterocycles. The molecule has 0 saturated carbocycles. The molecular weight excluding hydrogens is 414 g/mol. The number of nitrogens with two attached hydrogens (primary N) is 1. The molecule has 0 aliphatic rings. The van der Waals surface area contributed by atoms with E-state index in [1.807, 2.05) is 48.5 Å². The van der Waals surface area contributed by atoms with Crippen molar-refractivity contribution in [3.05, 3.63) is 64.1 Å². The quantitative estimate of drug-likeness (QED) is 0.435. The lowest BCUT2D eigenvalue weighted by atomic mass is 10.2. The highest BCUT2D eigenvalue weighted by Gasteiger charge is 2.07. The Morgan fingerprint density at radius 1 is 1.30 bits per heavy atom. The van der Waals surface area contributed by atoms with Gasteiger partial charge in [-0.1, -0.05) is 51.4 Å². The summed E-state index contributed by atoms with van der Waals surface area (Å²) in [5, 5.41) is 14.4. The number of tetrazole rings is 1. The second-order valence-electron chi connectivity index (χ2n) is 5.44. The zero-order chi connectivity index (χ0) is 19.1. The Hall–Kier alpha value is -3.27. The summed E-state index contributed by atoms with van der Waals surface area (Å²) in [4.78, 5) is 11.9. The van der Waals surface area contributed by atoms with Crippen LogP contribution in [0, 0.1) is 0 Å². The molecule has 1 amide bonds. The van der Waals surface area contributed by atoms with Crippen molar-refractivity contribution in [3.8, 4) is 5.75 Å². The Morgan fingerprint density at radius 3 is 2.85 bits per heavy atom. The van der Waals surface area contributed by atoms with Crippen LogP contribution in [0.3, 0.4) is 0 Å². The molecule has 0 fully saturated rings. The van der Waals surface area contributed by atoms with Crippen LogP contribution in [0.1, 0.15) is 11.1 Å². The second-order valence-corrected chi connectivity index (χ2v) is 6.36. The molecule has 0 radical (unpaired) electrons. The molecule has 0 unspecified atom stereocenters. The largest absolute Gasteiger partial charge is 0.488 e. The monoisotopic (exact) mass is 429 g/mol. The lowest BCUT2D eigenvalue weighted by Crippen LogP contribution is -2.24. The first-order valence-corrected chi connectivity index (χ1v) is 8.71. The molecule has 3 aromatic rings. The second kappa shape index (κ2) is 8.90. The summed E-state index contributed by atoms with van der Waals surface area (Å²) in [5.74, 6) is 0.287. The maximum Gasteiger partial charge on any atom is 0.261 e. The number of nitrogen functional groups attached to an aromatic ring is 1. The van der Waals surface area contributed by atoms with E-state index in [0.717, 1.165) is 10.0 Å². The lowest BCUT2D eigenvalue weighted by Gasteiger charge is -2.09. The van der Waals surface area contributed by atoms with E-state index in [1.54, 1.807) is 0 Å². The molecule has 3 N–H and O–H groups in total. The van der Waals surface area contributed by atoms with E-state index >= 15 is 0 Å². The van der Waals surface area contributed by atoms with Gasteiger partial charge in [0.15, 0.2) is 0 Å². The molecular formula is C17H16BrN7O2. The smallest absolute Gasteiger partial charge is 0.261 e. The Kier molecular flexibility index (Phi) is 6.10. The van der Waals surface area contributed by atoms with Crippen LogP contribution in [-0.2, 0) is 17.9 Å². The number of aromatic nitrogens is 4. The van der Waals surface area contributed by atoms with Crippen LogP contribution in [-0.4, -0.2) is 32.3 Å². The van der Waals surface area contributed by atoms with Gasteiger partial charge in [-0.05, 0) is 34.2 Å². The maximum atomic E-state index is 11.9. The molecule has 0 saturated heterocycles. The first kappa shape index (κ1) is 18.5. The minimum absolute atomic E-state index is 0.0534. The molecule has 0 bridgehead atoms. The first-order valence-electron chi connectivity index (χ1n) is 7.91. The van der Waals surface area contributed by atoms with Crippen molar-refractivity contribution in [2.75, 3.05) is 5.73 Å². The van der Waals surface area contributed by atoms with Gasteiger partial charge in [-0.25, -0.2) is 10.1 Å². The van der Waals surface area contributed by atoms with Crippen molar-refractivity contribution in [1.29, 1.82) is 0 Å². The number of nitrogens with zero attached hydrogens (tertiary/aromatic N) is 5. The summed E-state index contributed by atoms with van der Waals surface area (Å²) in [5.41, 5.74) is 9.68. The van der Waals surface area contributed by atoms with Gasteiger partial charge in [-0.3, -0.25) is 4.79 Å². The number of halogens is 1. The normalized spacial score (nSPS) is 10.9. The summed E-state index contributed by atoms with van der Waals surface area (Å²) >= 11 is 3.42. The van der Waals surface area contributed by atoms with E-state index in [4.69, 9.17) is 10.5 Å². The van der Waals surface area contributed by atoms with E-state index in [1.165, 1.54) is 10.9 Å². The van der Waals surface area contributed by atoms with Crippen LogP contribution >= 0.6 is 15.9 Å². The molecule has 9 nitrogen and oxygen atoms in total. The highest BCUT2D eigenvalue weighted by molar-refractivity contribution is 9.10. The van der Waals surface area contributed by atoms with E-state index in [-0.39, 0.29) is 12.5 Å². The standard InChI is InChI=1S/C17H16BrN7O2/c18-14-6-7-15(27-11-12-4-2-1-3-5-12)13(8-14)9-20-21-16(26)10-25-17(19)22-23-24-25/h1-9H,10-11H2,(H,21,26)(H2,19,22,24)/b20-9-. The lowest BCUT2D eigenvalue weighted by molar-refractivity contribution is -0.121. The maximum absolute atomic E-state index is 11.9. The third-order valence-electron chi connectivity index (χ3n) is 3.45. The molecule has 0 spiro atoms. The Bertz CT molecular complexity index is 943. The van der Waals surface area contributed by atoms with E-state index in [2.05, 4.69) is 42.0 Å². The Balaban J connectivity index is 1.63. The molecule has 0 atom stereocenters. The predicted molar refractivity (Wildman–Crippen MR) is 103 cm³/mol. The number of ether oxygens (including phenoxy) is 1. The van der Waals surface area contributed by atoms with Gasteiger partial charge in [0, 0.05) is 10.0 Å². The van der Waals surface area contributed by atoms with Gasteiger partial charge in [-0.15, -0.1) is 0 Å². The number of benzene rings is 2. The number of carbonyl (C=O) groups excluding carboxylic acids is 1. The minimum atomic E-state index is -0.410. The number of amides is 1.